The van der Waals surface area contributed by atoms with E-state index in [1.807, 2.05) is 49.4 Å². The average molecular weight is 472 g/mol. The SMILES string of the molecule is CCc1cc(C#Cc2ccccc2)c(OCCO)c(C(Nc2ccc(C(=N)N)cc2)C(=O)OC)c1. The Morgan fingerprint density at radius 3 is 2.43 bits per heavy atom. The van der Waals surface area contributed by atoms with Crippen LogP contribution in [0.5, 0.6) is 5.75 Å². The predicted octanol–water partition coefficient (Wildman–Crippen LogP) is 3.63. The summed E-state index contributed by atoms with van der Waals surface area (Å²) in [6, 6.07) is 19.4. The lowest BCUT2D eigenvalue weighted by Crippen LogP contribution is -2.24. The van der Waals surface area contributed by atoms with Crippen LogP contribution in [-0.4, -0.2) is 37.2 Å². The molecule has 0 fully saturated rings. The Kier molecular flexibility index (Phi) is 8.88. The third kappa shape index (κ3) is 6.62. The number of aliphatic hydroxyl groups is 1. The number of aliphatic hydroxyl groups excluding tert-OH is 1. The Morgan fingerprint density at radius 1 is 1.11 bits per heavy atom. The quantitative estimate of drug-likeness (QED) is 0.164. The van der Waals surface area contributed by atoms with E-state index in [0.717, 1.165) is 11.1 Å². The van der Waals surface area contributed by atoms with Crippen molar-refractivity contribution in [1.82, 2.24) is 0 Å². The maximum Gasteiger partial charge on any atom is 0.333 e. The molecule has 0 aliphatic carbocycles. The van der Waals surface area contributed by atoms with Crippen LogP contribution in [0.2, 0.25) is 0 Å². The fraction of sp³-hybridized carbons (Fsp3) is 0.214. The van der Waals surface area contributed by atoms with E-state index in [1.165, 1.54) is 7.11 Å². The molecule has 0 saturated heterocycles. The van der Waals surface area contributed by atoms with Crippen molar-refractivity contribution in [3.63, 3.8) is 0 Å². The minimum absolute atomic E-state index is 0.0414. The molecule has 1 atom stereocenters. The van der Waals surface area contributed by atoms with Gasteiger partial charge in [0.2, 0.25) is 0 Å². The van der Waals surface area contributed by atoms with Crippen molar-refractivity contribution >= 4 is 17.5 Å². The van der Waals surface area contributed by atoms with Crippen LogP contribution >= 0.6 is 0 Å². The summed E-state index contributed by atoms with van der Waals surface area (Å²) in [5.41, 5.74) is 9.74. The summed E-state index contributed by atoms with van der Waals surface area (Å²) in [6.45, 7) is 1.87. The Balaban J connectivity index is 2.12. The van der Waals surface area contributed by atoms with Gasteiger partial charge >= 0.3 is 5.97 Å². The van der Waals surface area contributed by atoms with Gasteiger partial charge in [-0.1, -0.05) is 37.0 Å². The zero-order valence-corrected chi connectivity index (χ0v) is 19.8. The number of hydrogen-bond donors (Lipinski definition) is 4. The number of nitrogens with one attached hydrogen (secondary N) is 2. The van der Waals surface area contributed by atoms with E-state index in [2.05, 4.69) is 17.2 Å². The Bertz CT molecular complexity index is 1230. The Labute approximate surface area is 205 Å². The van der Waals surface area contributed by atoms with Crippen LogP contribution in [0.1, 0.15) is 40.8 Å². The molecule has 1 unspecified atom stereocenters. The van der Waals surface area contributed by atoms with Crippen molar-refractivity contribution in [1.29, 1.82) is 5.41 Å². The number of hydrogen-bond acceptors (Lipinski definition) is 6. The molecule has 7 nitrogen and oxygen atoms in total. The highest BCUT2D eigenvalue weighted by Gasteiger charge is 2.27. The van der Waals surface area contributed by atoms with E-state index in [4.69, 9.17) is 20.6 Å². The van der Waals surface area contributed by atoms with Crippen molar-refractivity contribution in [3.05, 3.63) is 94.5 Å². The maximum absolute atomic E-state index is 12.9. The van der Waals surface area contributed by atoms with Gasteiger partial charge in [0, 0.05) is 22.4 Å². The van der Waals surface area contributed by atoms with E-state index in [1.54, 1.807) is 24.3 Å². The van der Waals surface area contributed by atoms with Crippen LogP contribution in [0.4, 0.5) is 5.69 Å². The number of nitrogens with two attached hydrogens (primary N) is 1. The van der Waals surface area contributed by atoms with Gasteiger partial charge in [-0.3, -0.25) is 5.41 Å². The second kappa shape index (κ2) is 12.3. The van der Waals surface area contributed by atoms with Crippen molar-refractivity contribution < 1.29 is 19.4 Å². The van der Waals surface area contributed by atoms with Crippen molar-refractivity contribution in [2.45, 2.75) is 19.4 Å². The van der Waals surface area contributed by atoms with Crippen LogP contribution in [0.3, 0.4) is 0 Å². The number of nitrogen functional groups attached to an aromatic ring is 1. The minimum atomic E-state index is -0.902. The molecule has 7 heteroatoms. The molecule has 180 valence electrons. The number of benzene rings is 3. The zero-order valence-electron chi connectivity index (χ0n) is 19.8. The molecule has 0 spiro atoms. The smallest absolute Gasteiger partial charge is 0.333 e. The first-order valence-electron chi connectivity index (χ1n) is 11.2. The highest BCUT2D eigenvalue weighted by atomic mass is 16.5. The van der Waals surface area contributed by atoms with Gasteiger partial charge in [-0.05, 0) is 60.5 Å². The summed E-state index contributed by atoms with van der Waals surface area (Å²) >= 11 is 0. The third-order valence-corrected chi connectivity index (χ3v) is 5.29. The molecule has 0 heterocycles. The summed E-state index contributed by atoms with van der Waals surface area (Å²) in [4.78, 5) is 12.9. The number of amidine groups is 1. The van der Waals surface area contributed by atoms with Crippen LogP contribution in [-0.2, 0) is 16.0 Å². The van der Waals surface area contributed by atoms with E-state index in [-0.39, 0.29) is 19.0 Å². The molecule has 5 N–H and O–H groups in total. The van der Waals surface area contributed by atoms with Gasteiger partial charge < -0.3 is 25.6 Å². The summed E-state index contributed by atoms with van der Waals surface area (Å²) in [5, 5.41) is 20.2. The lowest BCUT2D eigenvalue weighted by molar-refractivity contribution is -0.141. The van der Waals surface area contributed by atoms with Gasteiger partial charge in [-0.25, -0.2) is 4.79 Å². The normalized spacial score (nSPS) is 11.1. The van der Waals surface area contributed by atoms with Crippen LogP contribution < -0.4 is 15.8 Å². The minimum Gasteiger partial charge on any atom is -0.489 e. The number of rotatable bonds is 9. The van der Waals surface area contributed by atoms with Gasteiger partial charge in [-0.15, -0.1) is 0 Å². The van der Waals surface area contributed by atoms with Crippen molar-refractivity contribution in [2.24, 2.45) is 5.73 Å². The van der Waals surface area contributed by atoms with Crippen LogP contribution in [0.15, 0.2) is 66.7 Å². The standard InChI is InChI=1S/C28H29N3O4/c1-3-19-17-22(10-9-20-7-5-4-6-8-20)26(35-16-15-32)24(18-19)25(28(33)34-2)31-23-13-11-21(12-14-23)27(29)30/h4-8,11-14,17-18,25,31-32H,3,15-16H2,1-2H3,(H3,29,30). The molecule has 35 heavy (non-hydrogen) atoms. The third-order valence-electron chi connectivity index (χ3n) is 5.29. The Hall–Kier alpha value is -4.28. The first-order valence-corrected chi connectivity index (χ1v) is 11.2. The lowest BCUT2D eigenvalue weighted by Gasteiger charge is -2.23. The first-order chi connectivity index (χ1) is 17.0. The predicted molar refractivity (Wildman–Crippen MR) is 137 cm³/mol. The summed E-state index contributed by atoms with van der Waals surface area (Å²) < 4.78 is 11.0. The fourth-order valence-electron chi connectivity index (χ4n) is 3.49. The van der Waals surface area contributed by atoms with Gasteiger partial charge in [0.25, 0.3) is 0 Å². The monoisotopic (exact) mass is 471 g/mol. The highest BCUT2D eigenvalue weighted by molar-refractivity contribution is 5.95. The molecule has 0 aliphatic heterocycles. The zero-order chi connectivity index (χ0) is 25.2. The van der Waals surface area contributed by atoms with Gasteiger partial charge in [0.1, 0.15) is 18.2 Å². The summed E-state index contributed by atoms with van der Waals surface area (Å²) in [5.74, 6) is 6.17. The lowest BCUT2D eigenvalue weighted by atomic mass is 9.96. The fourth-order valence-corrected chi connectivity index (χ4v) is 3.49. The Morgan fingerprint density at radius 2 is 1.83 bits per heavy atom. The molecule has 0 aromatic heterocycles. The van der Waals surface area contributed by atoms with Gasteiger partial charge in [0.15, 0.2) is 6.04 Å². The van der Waals surface area contributed by atoms with Crippen molar-refractivity contribution in [2.75, 3.05) is 25.6 Å². The molecular weight excluding hydrogens is 442 g/mol. The molecule has 0 saturated carbocycles. The molecule has 0 radical (unpaired) electrons. The van der Waals surface area contributed by atoms with Gasteiger partial charge in [0.05, 0.1) is 19.3 Å². The molecule has 3 aromatic rings. The second-order valence-corrected chi connectivity index (χ2v) is 7.69. The van der Waals surface area contributed by atoms with E-state index in [9.17, 15) is 9.90 Å². The highest BCUT2D eigenvalue weighted by Crippen LogP contribution is 2.34. The first kappa shape index (κ1) is 25.3. The van der Waals surface area contributed by atoms with Gasteiger partial charge in [-0.2, -0.15) is 0 Å². The maximum atomic E-state index is 12.9. The number of carbonyl (C=O) groups excluding carboxylic acids is 1. The summed E-state index contributed by atoms with van der Waals surface area (Å²) in [7, 11) is 1.32. The number of carbonyl (C=O) groups is 1. The molecule has 3 aromatic carbocycles. The second-order valence-electron chi connectivity index (χ2n) is 7.69. The largest absolute Gasteiger partial charge is 0.489 e. The number of ether oxygens (including phenoxy) is 2. The van der Waals surface area contributed by atoms with Crippen LogP contribution in [0, 0.1) is 17.3 Å². The topological polar surface area (TPSA) is 118 Å². The number of methoxy groups -OCH3 is 1. The van der Waals surface area contributed by atoms with E-state index in [0.29, 0.717) is 34.5 Å². The van der Waals surface area contributed by atoms with Crippen molar-refractivity contribution in [3.8, 4) is 17.6 Å². The number of aryl methyl sites for hydroxylation is 1. The molecule has 0 amide bonds. The number of anilines is 1. The molecule has 3 rings (SSSR count). The molecule has 0 bridgehead atoms. The summed E-state index contributed by atoms with van der Waals surface area (Å²) in [6.07, 6.45) is 0.717. The number of esters is 1. The molecular formula is C28H29N3O4. The van der Waals surface area contributed by atoms with E-state index >= 15 is 0 Å². The molecule has 0 aliphatic rings. The van der Waals surface area contributed by atoms with E-state index < -0.39 is 12.0 Å². The van der Waals surface area contributed by atoms with Crippen LogP contribution in [0.25, 0.3) is 0 Å². The average Bonchev–Trinajstić information content (AvgIpc) is 2.89.